The van der Waals surface area contributed by atoms with Gasteiger partial charge in [-0.15, -0.1) is 0 Å². The molecule has 2 heterocycles. The monoisotopic (exact) mass is 305 g/mol. The van der Waals surface area contributed by atoms with Crippen molar-refractivity contribution in [3.8, 4) is 11.4 Å². The largest absolute Gasteiger partial charge is 0.324 e. The second-order valence-corrected chi connectivity index (χ2v) is 4.98. The minimum Gasteiger partial charge on any atom is -0.324 e. The zero-order valence-corrected chi connectivity index (χ0v) is 11.9. The van der Waals surface area contributed by atoms with E-state index in [1.165, 1.54) is 24.4 Å². The van der Waals surface area contributed by atoms with Crippen LogP contribution in [0.25, 0.3) is 22.4 Å². The molecule has 0 N–H and O–H groups in total. The Balaban J connectivity index is 2.29. The summed E-state index contributed by atoms with van der Waals surface area (Å²) in [4.78, 5) is 8.18. The van der Waals surface area contributed by atoms with Crippen LogP contribution in [0.15, 0.2) is 36.7 Å². The van der Waals surface area contributed by atoms with Gasteiger partial charge in [-0.25, -0.2) is 18.2 Å². The average molecular weight is 305 g/mol. The van der Waals surface area contributed by atoms with Crippen LogP contribution in [0.5, 0.6) is 0 Å². The Morgan fingerprint density at radius 2 is 2.05 bits per heavy atom. The highest BCUT2D eigenvalue weighted by atomic mass is 19.3. The number of rotatable bonds is 4. The van der Waals surface area contributed by atoms with Crippen LogP contribution in [-0.4, -0.2) is 14.5 Å². The Morgan fingerprint density at radius 1 is 1.23 bits per heavy atom. The summed E-state index contributed by atoms with van der Waals surface area (Å²) in [6.45, 7) is 2.54. The summed E-state index contributed by atoms with van der Waals surface area (Å²) in [5, 5.41) is 0. The van der Waals surface area contributed by atoms with Crippen LogP contribution in [0, 0.1) is 5.82 Å². The van der Waals surface area contributed by atoms with Crippen LogP contribution in [-0.2, 0) is 6.54 Å². The van der Waals surface area contributed by atoms with E-state index in [2.05, 4.69) is 9.97 Å². The molecule has 0 unspecified atom stereocenters. The van der Waals surface area contributed by atoms with Gasteiger partial charge in [-0.2, -0.15) is 0 Å². The third kappa shape index (κ3) is 2.45. The molecular formula is C16H14F3N3. The molecule has 3 nitrogen and oxygen atoms in total. The zero-order valence-electron chi connectivity index (χ0n) is 11.9. The molecule has 0 radical (unpaired) electrons. The molecule has 0 saturated carbocycles. The first-order chi connectivity index (χ1) is 10.6. The van der Waals surface area contributed by atoms with Gasteiger partial charge in [0.1, 0.15) is 11.6 Å². The van der Waals surface area contributed by atoms with Crippen molar-refractivity contribution < 1.29 is 13.2 Å². The van der Waals surface area contributed by atoms with Gasteiger partial charge in [0.25, 0.3) is 6.43 Å². The minimum absolute atomic E-state index is 0.171. The van der Waals surface area contributed by atoms with Crippen molar-refractivity contribution in [1.29, 1.82) is 0 Å². The van der Waals surface area contributed by atoms with Crippen molar-refractivity contribution in [2.75, 3.05) is 0 Å². The highest BCUT2D eigenvalue weighted by Gasteiger charge is 2.20. The van der Waals surface area contributed by atoms with Crippen LogP contribution < -0.4 is 0 Å². The van der Waals surface area contributed by atoms with Crippen LogP contribution in [0.2, 0.25) is 0 Å². The van der Waals surface area contributed by atoms with Crippen LogP contribution in [0.3, 0.4) is 0 Å². The van der Waals surface area contributed by atoms with Gasteiger partial charge in [-0.05, 0) is 30.7 Å². The summed E-state index contributed by atoms with van der Waals surface area (Å²) in [5.74, 6) is 0.0419. The van der Waals surface area contributed by atoms with Gasteiger partial charge >= 0.3 is 0 Å². The number of fused-ring (bicyclic) bond motifs is 1. The van der Waals surface area contributed by atoms with Gasteiger partial charge in [-0.3, -0.25) is 4.98 Å². The smallest absolute Gasteiger partial charge is 0.266 e. The van der Waals surface area contributed by atoms with E-state index in [1.807, 2.05) is 6.92 Å². The first kappa shape index (κ1) is 14.6. The number of hydrogen-bond acceptors (Lipinski definition) is 2. The fraction of sp³-hybridized carbons (Fsp3) is 0.250. The van der Waals surface area contributed by atoms with Gasteiger partial charge in [0.2, 0.25) is 0 Å². The number of benzene rings is 1. The molecule has 114 valence electrons. The Morgan fingerprint density at radius 3 is 2.77 bits per heavy atom. The molecule has 6 heteroatoms. The fourth-order valence-electron chi connectivity index (χ4n) is 2.54. The zero-order chi connectivity index (χ0) is 15.7. The Labute approximate surface area is 125 Å². The number of nitrogens with zero attached hydrogens (tertiary/aromatic N) is 3. The summed E-state index contributed by atoms with van der Waals surface area (Å²) in [6.07, 6.45) is 0.743. The van der Waals surface area contributed by atoms with Gasteiger partial charge < -0.3 is 4.57 Å². The fourth-order valence-corrected chi connectivity index (χ4v) is 2.54. The summed E-state index contributed by atoms with van der Waals surface area (Å²) in [5.41, 5.74) is 1.35. The number of halogens is 3. The van der Waals surface area contributed by atoms with Crippen molar-refractivity contribution >= 4 is 11.0 Å². The topological polar surface area (TPSA) is 30.7 Å². The first-order valence-electron chi connectivity index (χ1n) is 7.00. The highest BCUT2D eigenvalue weighted by Crippen LogP contribution is 2.32. The van der Waals surface area contributed by atoms with E-state index in [0.717, 1.165) is 12.6 Å². The molecule has 0 atom stereocenters. The van der Waals surface area contributed by atoms with Gasteiger partial charge in [-0.1, -0.05) is 6.92 Å². The van der Waals surface area contributed by atoms with Crippen LogP contribution in [0.4, 0.5) is 13.2 Å². The Hall–Kier alpha value is -2.37. The molecule has 0 saturated heterocycles. The SMILES string of the molecule is CCCn1c(-c2ccncc2C(F)F)nc2ccc(F)cc21. The maximum absolute atomic E-state index is 13.5. The summed E-state index contributed by atoms with van der Waals surface area (Å²) >= 11 is 0. The van der Waals surface area contributed by atoms with Crippen LogP contribution >= 0.6 is 0 Å². The van der Waals surface area contributed by atoms with Crippen molar-refractivity contribution in [3.05, 3.63) is 48.0 Å². The van der Waals surface area contributed by atoms with E-state index in [0.29, 0.717) is 29.0 Å². The quantitative estimate of drug-likeness (QED) is 0.706. The lowest BCUT2D eigenvalue weighted by atomic mass is 10.1. The minimum atomic E-state index is -2.64. The van der Waals surface area contributed by atoms with E-state index in [9.17, 15) is 13.2 Å². The van der Waals surface area contributed by atoms with Crippen molar-refractivity contribution in [1.82, 2.24) is 14.5 Å². The molecule has 0 aliphatic carbocycles. The maximum Gasteiger partial charge on any atom is 0.266 e. The van der Waals surface area contributed by atoms with Crippen LogP contribution in [0.1, 0.15) is 25.3 Å². The van der Waals surface area contributed by atoms with Gasteiger partial charge in [0.05, 0.1) is 11.0 Å². The average Bonchev–Trinajstić information content (AvgIpc) is 2.86. The molecule has 0 fully saturated rings. The van der Waals surface area contributed by atoms with E-state index in [1.54, 1.807) is 10.6 Å². The predicted molar refractivity (Wildman–Crippen MR) is 78.2 cm³/mol. The van der Waals surface area contributed by atoms with E-state index in [4.69, 9.17) is 0 Å². The second-order valence-electron chi connectivity index (χ2n) is 4.98. The van der Waals surface area contributed by atoms with E-state index in [-0.39, 0.29) is 11.4 Å². The van der Waals surface area contributed by atoms with E-state index >= 15 is 0 Å². The van der Waals surface area contributed by atoms with E-state index < -0.39 is 6.43 Å². The third-order valence-electron chi connectivity index (χ3n) is 3.49. The number of aryl methyl sites for hydroxylation is 1. The maximum atomic E-state index is 13.5. The summed E-state index contributed by atoms with van der Waals surface area (Å²) < 4.78 is 41.7. The predicted octanol–water partition coefficient (Wildman–Crippen LogP) is 4.59. The Kier molecular flexibility index (Phi) is 3.83. The number of hydrogen-bond donors (Lipinski definition) is 0. The van der Waals surface area contributed by atoms with Crippen molar-refractivity contribution in [2.45, 2.75) is 26.3 Å². The molecule has 3 aromatic rings. The summed E-state index contributed by atoms with van der Waals surface area (Å²) in [7, 11) is 0. The van der Waals surface area contributed by atoms with Crippen molar-refractivity contribution in [3.63, 3.8) is 0 Å². The molecule has 0 amide bonds. The number of imidazole rings is 1. The normalized spacial score (nSPS) is 11.5. The number of alkyl halides is 2. The lowest BCUT2D eigenvalue weighted by Crippen LogP contribution is -2.02. The molecule has 0 bridgehead atoms. The molecular weight excluding hydrogens is 291 g/mol. The standard InChI is InChI=1S/C16H14F3N3/c1-2-7-22-14-8-10(17)3-4-13(14)21-16(22)11-5-6-20-9-12(11)15(18)19/h3-6,8-9,15H,2,7H2,1H3. The number of aromatic nitrogens is 3. The first-order valence-corrected chi connectivity index (χ1v) is 7.00. The highest BCUT2D eigenvalue weighted by molar-refractivity contribution is 5.81. The molecule has 0 aliphatic rings. The molecule has 22 heavy (non-hydrogen) atoms. The molecule has 0 spiro atoms. The Bertz CT molecular complexity index is 812. The lowest BCUT2D eigenvalue weighted by molar-refractivity contribution is 0.151. The second kappa shape index (κ2) is 5.79. The molecule has 1 aromatic carbocycles. The van der Waals surface area contributed by atoms with Gasteiger partial charge in [0.15, 0.2) is 0 Å². The third-order valence-corrected chi connectivity index (χ3v) is 3.49. The molecule has 3 rings (SSSR count). The number of pyridine rings is 1. The van der Waals surface area contributed by atoms with Crippen molar-refractivity contribution in [2.24, 2.45) is 0 Å². The lowest BCUT2D eigenvalue weighted by Gasteiger charge is -2.11. The molecule has 2 aromatic heterocycles. The van der Waals surface area contributed by atoms with Gasteiger partial charge in [0, 0.05) is 30.1 Å². The molecule has 0 aliphatic heterocycles. The summed E-state index contributed by atoms with van der Waals surface area (Å²) in [6, 6.07) is 5.77.